The molecule has 1 aromatic heterocycles. The summed E-state index contributed by atoms with van der Waals surface area (Å²) < 4.78 is 5.83. The number of carbonyl (C=O) groups excluding carboxylic acids is 1. The summed E-state index contributed by atoms with van der Waals surface area (Å²) in [5.41, 5.74) is 2.05. The van der Waals surface area contributed by atoms with Crippen LogP contribution in [0.25, 0.3) is 17.4 Å². The number of amides is 1. The zero-order chi connectivity index (χ0) is 21.4. The predicted molar refractivity (Wildman–Crippen MR) is 116 cm³/mol. The number of furan rings is 1. The van der Waals surface area contributed by atoms with E-state index in [1.165, 1.54) is 17.1 Å². The van der Waals surface area contributed by atoms with Crippen LogP contribution >= 0.6 is 23.2 Å². The molecule has 0 spiro atoms. The molecule has 1 aliphatic rings. The first-order valence-corrected chi connectivity index (χ1v) is 9.59. The van der Waals surface area contributed by atoms with Gasteiger partial charge in [0.25, 0.3) is 5.91 Å². The summed E-state index contributed by atoms with van der Waals surface area (Å²) in [5, 5.41) is 15.5. The second kappa shape index (κ2) is 7.82. The summed E-state index contributed by atoms with van der Waals surface area (Å²) in [6, 6.07) is 14.7. The number of aromatic carboxylic acids is 1. The van der Waals surface area contributed by atoms with E-state index in [0.717, 1.165) is 5.56 Å². The highest BCUT2D eigenvalue weighted by atomic mass is 35.5. The molecule has 0 aliphatic carbocycles. The Labute approximate surface area is 181 Å². The van der Waals surface area contributed by atoms with Crippen LogP contribution in [-0.2, 0) is 4.79 Å². The van der Waals surface area contributed by atoms with Crippen molar-refractivity contribution in [2.75, 3.05) is 5.01 Å². The Bertz CT molecular complexity index is 1240. The number of nitrogens with zero attached hydrogens (tertiary/aromatic N) is 2. The number of hydrogen-bond acceptors (Lipinski definition) is 4. The van der Waals surface area contributed by atoms with Gasteiger partial charge in [0.15, 0.2) is 0 Å². The van der Waals surface area contributed by atoms with Crippen LogP contribution in [0.1, 0.15) is 23.0 Å². The molecule has 0 bridgehead atoms. The van der Waals surface area contributed by atoms with Gasteiger partial charge in [0.05, 0.1) is 32.6 Å². The van der Waals surface area contributed by atoms with E-state index in [1.54, 1.807) is 55.5 Å². The molecule has 0 fully saturated rings. The predicted octanol–water partition coefficient (Wildman–Crippen LogP) is 5.76. The zero-order valence-electron chi connectivity index (χ0n) is 15.6. The van der Waals surface area contributed by atoms with Crippen LogP contribution in [0.4, 0.5) is 5.69 Å². The molecular weight excluding hydrogens is 427 g/mol. The molecule has 2 heterocycles. The average Bonchev–Trinajstić information content (AvgIpc) is 3.30. The second-order valence-electron chi connectivity index (χ2n) is 6.55. The van der Waals surface area contributed by atoms with Gasteiger partial charge in [-0.2, -0.15) is 10.1 Å². The normalized spacial score (nSPS) is 15.0. The number of carbonyl (C=O) groups is 2. The maximum absolute atomic E-state index is 12.9. The molecule has 1 amide bonds. The van der Waals surface area contributed by atoms with Gasteiger partial charge in [0.1, 0.15) is 11.5 Å². The molecule has 8 heteroatoms. The molecular formula is C22H14Cl2N2O4. The van der Waals surface area contributed by atoms with Gasteiger partial charge >= 0.3 is 5.97 Å². The molecule has 6 nitrogen and oxygen atoms in total. The third-order valence-corrected chi connectivity index (χ3v) is 5.26. The topological polar surface area (TPSA) is 83.1 Å². The number of rotatable bonds is 4. The number of carboxylic acids is 1. The summed E-state index contributed by atoms with van der Waals surface area (Å²) in [6.45, 7) is 1.70. The van der Waals surface area contributed by atoms with E-state index >= 15 is 0 Å². The summed E-state index contributed by atoms with van der Waals surface area (Å²) >= 11 is 12.0. The monoisotopic (exact) mass is 440 g/mol. The summed E-state index contributed by atoms with van der Waals surface area (Å²) in [5.74, 6) is -0.408. The zero-order valence-corrected chi connectivity index (χ0v) is 17.1. The number of anilines is 1. The minimum absolute atomic E-state index is 0.0721. The van der Waals surface area contributed by atoms with Gasteiger partial charge in [0, 0.05) is 5.56 Å². The fourth-order valence-corrected chi connectivity index (χ4v) is 3.31. The highest BCUT2D eigenvalue weighted by Gasteiger charge is 2.29. The Morgan fingerprint density at radius 2 is 1.90 bits per heavy atom. The van der Waals surface area contributed by atoms with Crippen molar-refractivity contribution in [2.24, 2.45) is 5.10 Å². The molecule has 0 unspecified atom stereocenters. The molecule has 0 radical (unpaired) electrons. The van der Waals surface area contributed by atoms with Crippen molar-refractivity contribution in [2.45, 2.75) is 6.92 Å². The number of benzene rings is 2. The van der Waals surface area contributed by atoms with Crippen LogP contribution in [0.15, 0.2) is 69.7 Å². The lowest BCUT2D eigenvalue weighted by Gasteiger charge is -2.12. The van der Waals surface area contributed by atoms with Crippen LogP contribution in [0.5, 0.6) is 0 Å². The van der Waals surface area contributed by atoms with Crippen LogP contribution in [0.2, 0.25) is 10.0 Å². The molecule has 0 atom stereocenters. The summed E-state index contributed by atoms with van der Waals surface area (Å²) in [7, 11) is 0. The van der Waals surface area contributed by atoms with E-state index in [0.29, 0.717) is 38.5 Å². The minimum Gasteiger partial charge on any atom is -0.478 e. The van der Waals surface area contributed by atoms with E-state index in [9.17, 15) is 9.59 Å². The van der Waals surface area contributed by atoms with Crippen molar-refractivity contribution in [3.8, 4) is 11.3 Å². The van der Waals surface area contributed by atoms with Gasteiger partial charge in [-0.05, 0) is 61.5 Å². The molecule has 0 saturated heterocycles. The van der Waals surface area contributed by atoms with Crippen molar-refractivity contribution < 1.29 is 19.1 Å². The van der Waals surface area contributed by atoms with Gasteiger partial charge in [-0.25, -0.2) is 4.79 Å². The number of hydrazone groups is 1. The van der Waals surface area contributed by atoms with E-state index in [1.807, 2.05) is 0 Å². The molecule has 1 N–H and O–H groups in total. The minimum atomic E-state index is -1.08. The van der Waals surface area contributed by atoms with Crippen molar-refractivity contribution >= 4 is 52.6 Å². The number of carboxylic acid groups (broad SMARTS) is 1. The van der Waals surface area contributed by atoms with Crippen molar-refractivity contribution in [3.05, 3.63) is 81.5 Å². The second-order valence-corrected chi connectivity index (χ2v) is 7.36. The Morgan fingerprint density at radius 1 is 1.10 bits per heavy atom. The van der Waals surface area contributed by atoms with E-state index in [4.69, 9.17) is 32.7 Å². The highest BCUT2D eigenvalue weighted by Crippen LogP contribution is 2.31. The first-order chi connectivity index (χ1) is 14.3. The SMILES string of the molecule is CC1=NN(c2cccc(C(=O)O)c2)C(=O)/C1=C/c1ccc(-c2ccc(Cl)c(Cl)c2)o1. The standard InChI is InChI=1S/C22H14Cl2N2O4/c1-12-17(21(27)26(25-12)15-4-2-3-14(9-15)22(28)29)11-16-6-8-20(30-16)13-5-7-18(23)19(24)10-13/h2-11H,1H3,(H,28,29)/b17-11+. The maximum Gasteiger partial charge on any atom is 0.335 e. The first kappa shape index (κ1) is 19.9. The van der Waals surface area contributed by atoms with E-state index in [2.05, 4.69) is 5.10 Å². The smallest absolute Gasteiger partial charge is 0.335 e. The third-order valence-electron chi connectivity index (χ3n) is 4.52. The molecule has 1 aliphatic heterocycles. The first-order valence-electron chi connectivity index (χ1n) is 8.84. The average molecular weight is 441 g/mol. The van der Waals surface area contributed by atoms with Crippen molar-refractivity contribution in [1.82, 2.24) is 0 Å². The van der Waals surface area contributed by atoms with Gasteiger partial charge < -0.3 is 9.52 Å². The summed E-state index contributed by atoms with van der Waals surface area (Å²) in [4.78, 5) is 24.1. The molecule has 4 rings (SSSR count). The van der Waals surface area contributed by atoms with E-state index < -0.39 is 5.97 Å². The molecule has 2 aromatic carbocycles. The Balaban J connectivity index is 1.62. The van der Waals surface area contributed by atoms with Crippen LogP contribution in [0.3, 0.4) is 0 Å². The lowest BCUT2D eigenvalue weighted by molar-refractivity contribution is -0.114. The van der Waals surface area contributed by atoms with E-state index in [-0.39, 0.29) is 11.5 Å². The number of halogens is 2. The third kappa shape index (κ3) is 3.75. The molecule has 0 saturated carbocycles. The lowest BCUT2D eigenvalue weighted by Crippen LogP contribution is -2.21. The van der Waals surface area contributed by atoms with Gasteiger partial charge in [-0.15, -0.1) is 0 Å². The number of hydrogen-bond donors (Lipinski definition) is 1. The largest absolute Gasteiger partial charge is 0.478 e. The van der Waals surface area contributed by atoms with Crippen molar-refractivity contribution in [1.29, 1.82) is 0 Å². The van der Waals surface area contributed by atoms with Crippen LogP contribution < -0.4 is 5.01 Å². The van der Waals surface area contributed by atoms with Crippen LogP contribution in [0, 0.1) is 0 Å². The Hall–Kier alpha value is -3.35. The molecule has 150 valence electrons. The van der Waals surface area contributed by atoms with Crippen LogP contribution in [-0.4, -0.2) is 22.7 Å². The fraction of sp³-hybridized carbons (Fsp3) is 0.0455. The van der Waals surface area contributed by atoms with Gasteiger partial charge in [0.2, 0.25) is 0 Å². The maximum atomic E-state index is 12.9. The summed E-state index contributed by atoms with van der Waals surface area (Å²) in [6.07, 6.45) is 1.60. The lowest BCUT2D eigenvalue weighted by atomic mass is 10.1. The fourth-order valence-electron chi connectivity index (χ4n) is 3.01. The Kier molecular flexibility index (Phi) is 5.20. The Morgan fingerprint density at radius 3 is 2.63 bits per heavy atom. The van der Waals surface area contributed by atoms with Gasteiger partial charge in [-0.3, -0.25) is 4.79 Å². The highest BCUT2D eigenvalue weighted by molar-refractivity contribution is 6.42. The van der Waals surface area contributed by atoms with Gasteiger partial charge in [-0.1, -0.05) is 29.3 Å². The quantitative estimate of drug-likeness (QED) is 0.522. The molecule has 30 heavy (non-hydrogen) atoms. The van der Waals surface area contributed by atoms with Crippen molar-refractivity contribution in [3.63, 3.8) is 0 Å². The molecule has 3 aromatic rings.